The maximum absolute atomic E-state index is 14.0. The average molecular weight is 572 g/mol. The van der Waals surface area contributed by atoms with Gasteiger partial charge >= 0.3 is 6.09 Å². The minimum atomic E-state index is -0.976. The van der Waals surface area contributed by atoms with Crippen LogP contribution >= 0.6 is 22.7 Å². The molecule has 0 bridgehead atoms. The van der Waals surface area contributed by atoms with E-state index in [0.717, 1.165) is 29.9 Å². The molecular weight excluding hydrogens is 544 g/mol. The van der Waals surface area contributed by atoms with Crippen molar-refractivity contribution in [3.05, 3.63) is 57.8 Å². The number of likely N-dealkylation sites (tertiary alicyclic amines) is 1. The van der Waals surface area contributed by atoms with Crippen LogP contribution in [0.3, 0.4) is 0 Å². The molecule has 2 amide bonds. The van der Waals surface area contributed by atoms with Crippen molar-refractivity contribution in [2.75, 3.05) is 13.1 Å². The number of rotatable bonds is 5. The molecule has 4 atom stereocenters. The number of amides is 2. The van der Waals surface area contributed by atoms with E-state index >= 15 is 0 Å². The fourth-order valence-electron chi connectivity index (χ4n) is 6.09. The molecule has 4 aromatic rings. The van der Waals surface area contributed by atoms with Crippen LogP contribution in [0.4, 0.5) is 13.6 Å². The van der Waals surface area contributed by atoms with Gasteiger partial charge in [-0.05, 0) is 62.1 Å². The highest BCUT2D eigenvalue weighted by molar-refractivity contribution is 7.15. The molecule has 1 saturated heterocycles. The number of fused-ring (bicyclic) bond motifs is 2. The summed E-state index contributed by atoms with van der Waals surface area (Å²) in [6, 6.07) is 3.37. The molecule has 12 heteroatoms. The van der Waals surface area contributed by atoms with Crippen LogP contribution in [0.1, 0.15) is 41.0 Å². The molecule has 204 valence electrons. The number of aromatic nitrogens is 3. The molecule has 1 aliphatic heterocycles. The first-order chi connectivity index (χ1) is 18.7. The van der Waals surface area contributed by atoms with E-state index in [0.29, 0.717) is 45.4 Å². The van der Waals surface area contributed by atoms with Crippen molar-refractivity contribution in [1.82, 2.24) is 24.6 Å². The van der Waals surface area contributed by atoms with Crippen LogP contribution in [0.25, 0.3) is 15.4 Å². The lowest BCUT2D eigenvalue weighted by molar-refractivity contribution is 0.0702. The van der Waals surface area contributed by atoms with Crippen LogP contribution < -0.4 is 10.1 Å². The summed E-state index contributed by atoms with van der Waals surface area (Å²) in [5.41, 5.74) is 1.24. The summed E-state index contributed by atoms with van der Waals surface area (Å²) in [5, 5.41) is 5.39. The minimum Gasteiger partial charge on any atom is -0.391 e. The molecule has 8 nitrogen and oxygen atoms in total. The number of hydrogen-bond donors (Lipinski definition) is 1. The summed E-state index contributed by atoms with van der Waals surface area (Å²) in [4.78, 5) is 38.7. The summed E-state index contributed by atoms with van der Waals surface area (Å²) in [6.07, 6.45) is 3.15. The molecule has 3 aromatic heterocycles. The highest BCUT2D eigenvalue weighted by atomic mass is 32.1. The van der Waals surface area contributed by atoms with Crippen LogP contribution in [0, 0.1) is 43.2 Å². The molecule has 2 fully saturated rings. The van der Waals surface area contributed by atoms with Gasteiger partial charge in [0, 0.05) is 24.7 Å². The fourth-order valence-corrected chi connectivity index (χ4v) is 7.75. The van der Waals surface area contributed by atoms with Gasteiger partial charge in [-0.15, -0.1) is 22.7 Å². The first-order valence-electron chi connectivity index (χ1n) is 12.8. The summed E-state index contributed by atoms with van der Waals surface area (Å²) in [7, 11) is 0. The Hall–Kier alpha value is -3.38. The number of thiazole rings is 2. The van der Waals surface area contributed by atoms with Crippen molar-refractivity contribution in [1.29, 1.82) is 0 Å². The van der Waals surface area contributed by atoms with E-state index in [1.807, 2.05) is 5.38 Å². The zero-order valence-electron chi connectivity index (χ0n) is 21.6. The molecule has 0 radical (unpaired) electrons. The molecule has 1 N–H and O–H groups in total. The number of benzene rings is 1. The normalized spacial score (nSPS) is 22.4. The number of imidazole rings is 1. The monoisotopic (exact) mass is 571 g/mol. The number of nitrogens with one attached hydrogen (secondary N) is 1. The van der Waals surface area contributed by atoms with Gasteiger partial charge in [-0.3, -0.25) is 9.20 Å². The van der Waals surface area contributed by atoms with Gasteiger partial charge in [0.25, 0.3) is 5.91 Å². The second-order valence-corrected chi connectivity index (χ2v) is 12.5. The first kappa shape index (κ1) is 25.9. The number of nitrogens with zero attached hydrogens (tertiary/aromatic N) is 4. The predicted molar refractivity (Wildman–Crippen MR) is 144 cm³/mol. The van der Waals surface area contributed by atoms with E-state index in [4.69, 9.17) is 4.74 Å². The van der Waals surface area contributed by atoms with Gasteiger partial charge in [-0.2, -0.15) is 0 Å². The summed E-state index contributed by atoms with van der Waals surface area (Å²) in [5.74, 6) is -0.741. The van der Waals surface area contributed by atoms with Gasteiger partial charge in [-0.1, -0.05) is 13.0 Å². The number of carbonyl (C=O) groups excluding carboxylic acids is 2. The number of halogens is 2. The second-order valence-electron chi connectivity index (χ2n) is 10.4. The summed E-state index contributed by atoms with van der Waals surface area (Å²) >= 11 is 2.72. The van der Waals surface area contributed by atoms with Crippen molar-refractivity contribution < 1.29 is 23.1 Å². The average Bonchev–Trinajstić information content (AvgIpc) is 3.69. The van der Waals surface area contributed by atoms with E-state index in [1.165, 1.54) is 28.7 Å². The first-order valence-corrected chi connectivity index (χ1v) is 14.5. The number of aryl methyl sites for hydroxylation is 2. The molecule has 4 heterocycles. The molecule has 1 unspecified atom stereocenters. The van der Waals surface area contributed by atoms with Gasteiger partial charge in [0.2, 0.25) is 5.88 Å². The van der Waals surface area contributed by atoms with E-state index < -0.39 is 17.7 Å². The molecule has 1 saturated carbocycles. The Balaban J connectivity index is 1.24. The smallest absolute Gasteiger partial charge is 0.391 e. The molecular formula is C27H27F2N5O3S2. The van der Waals surface area contributed by atoms with Gasteiger partial charge in [0.05, 0.1) is 15.9 Å². The standard InChI is InChI=1S/C27H27F2N5O3S2/c1-13-8-17-12-34(24(35)22-23(39-15(3)32-22)16-4-5-19(28)20(29)10-16)21(18(17)9-13)11-30-27(36)37-25-14(2)31-26-33(25)6-7-38-26/h4-7,10,13,17-18,21H,8-9,11-12H2,1-3H3,(H,30,36)/t13?,17-,18-,21+/m0/s1. The topological polar surface area (TPSA) is 88.8 Å². The SMILES string of the molecule is Cc1nc(C(=O)N2C[C@@H]3CC(C)C[C@@H]3[C@H]2CNC(=O)Oc2c(C)nc3sccn23)c(-c2ccc(F)c(F)c2)s1. The van der Waals surface area contributed by atoms with Gasteiger partial charge in [-0.25, -0.2) is 23.5 Å². The molecule has 1 aliphatic carbocycles. The minimum absolute atomic E-state index is 0.221. The van der Waals surface area contributed by atoms with E-state index in [-0.39, 0.29) is 30.1 Å². The van der Waals surface area contributed by atoms with Crippen LogP contribution in [0.15, 0.2) is 29.8 Å². The van der Waals surface area contributed by atoms with Crippen molar-refractivity contribution in [2.24, 2.45) is 17.8 Å². The third kappa shape index (κ3) is 4.69. The molecule has 1 aromatic carbocycles. The quantitative estimate of drug-likeness (QED) is 0.333. The van der Waals surface area contributed by atoms with Crippen LogP contribution in [0.2, 0.25) is 0 Å². The lowest BCUT2D eigenvalue weighted by Gasteiger charge is -2.28. The second kappa shape index (κ2) is 9.98. The van der Waals surface area contributed by atoms with Crippen molar-refractivity contribution >= 4 is 39.6 Å². The van der Waals surface area contributed by atoms with Gasteiger partial charge < -0.3 is 15.0 Å². The Morgan fingerprint density at radius 3 is 2.79 bits per heavy atom. The maximum Gasteiger partial charge on any atom is 0.414 e. The van der Waals surface area contributed by atoms with Crippen molar-refractivity contribution in [3.8, 4) is 16.3 Å². The zero-order chi connectivity index (χ0) is 27.4. The van der Waals surface area contributed by atoms with Crippen molar-refractivity contribution in [2.45, 2.75) is 39.7 Å². The van der Waals surface area contributed by atoms with E-state index in [9.17, 15) is 18.4 Å². The molecule has 2 aliphatic rings. The van der Waals surface area contributed by atoms with Crippen LogP contribution in [-0.2, 0) is 0 Å². The van der Waals surface area contributed by atoms with Crippen LogP contribution in [-0.4, -0.2) is 50.4 Å². The fraction of sp³-hybridized carbons (Fsp3) is 0.407. The van der Waals surface area contributed by atoms with E-state index in [1.54, 1.807) is 29.3 Å². The zero-order valence-corrected chi connectivity index (χ0v) is 23.2. The highest BCUT2D eigenvalue weighted by Crippen LogP contribution is 2.46. The highest BCUT2D eigenvalue weighted by Gasteiger charge is 2.48. The number of hydrogen-bond acceptors (Lipinski definition) is 7. The summed E-state index contributed by atoms with van der Waals surface area (Å²) < 4.78 is 34.9. The number of carbonyl (C=O) groups is 2. The Labute approximate surface area is 231 Å². The predicted octanol–water partition coefficient (Wildman–Crippen LogP) is 5.69. The third-order valence-corrected chi connectivity index (χ3v) is 9.49. The maximum atomic E-state index is 14.0. The van der Waals surface area contributed by atoms with Gasteiger partial charge in [0.1, 0.15) is 11.4 Å². The van der Waals surface area contributed by atoms with Crippen LogP contribution in [0.5, 0.6) is 5.88 Å². The van der Waals surface area contributed by atoms with E-state index in [2.05, 4.69) is 22.2 Å². The Kier molecular flexibility index (Phi) is 6.62. The largest absolute Gasteiger partial charge is 0.414 e. The Morgan fingerprint density at radius 2 is 2.00 bits per heavy atom. The lowest BCUT2D eigenvalue weighted by atomic mass is 9.94. The third-order valence-electron chi connectivity index (χ3n) is 7.72. The van der Waals surface area contributed by atoms with Gasteiger partial charge in [0.15, 0.2) is 16.6 Å². The lowest BCUT2D eigenvalue weighted by Crippen LogP contribution is -2.46. The Bertz CT molecular complexity index is 1580. The summed E-state index contributed by atoms with van der Waals surface area (Å²) in [6.45, 7) is 6.56. The Morgan fingerprint density at radius 1 is 1.18 bits per heavy atom. The molecule has 6 rings (SSSR count). The molecule has 0 spiro atoms. The molecule has 39 heavy (non-hydrogen) atoms. The van der Waals surface area contributed by atoms with Crippen molar-refractivity contribution in [3.63, 3.8) is 0 Å². The number of ether oxygens (including phenoxy) is 1.